The van der Waals surface area contributed by atoms with Gasteiger partial charge < -0.3 is 16.0 Å². The molecule has 0 radical (unpaired) electrons. The van der Waals surface area contributed by atoms with Gasteiger partial charge in [-0.3, -0.25) is 14.4 Å². The Balaban J connectivity index is 4.16. The highest BCUT2D eigenvalue weighted by Crippen LogP contribution is 1.96. The van der Waals surface area contributed by atoms with Gasteiger partial charge >= 0.3 is 0 Å². The Morgan fingerprint density at radius 2 is 1.88 bits per heavy atom. The normalized spacial score (nSPS) is 11.4. The quantitative estimate of drug-likeness (QED) is 0.554. The molecule has 0 aromatic heterocycles. The van der Waals surface area contributed by atoms with E-state index in [1.54, 1.807) is 0 Å². The van der Waals surface area contributed by atoms with E-state index in [9.17, 15) is 14.4 Å². The van der Waals surface area contributed by atoms with Crippen LogP contribution in [-0.4, -0.2) is 37.4 Å². The zero-order chi connectivity index (χ0) is 12.6. The molecule has 0 rings (SSSR count). The summed E-state index contributed by atoms with van der Waals surface area (Å²) in [7, 11) is 1.49. The maximum absolute atomic E-state index is 11.6. The first-order valence-electron chi connectivity index (χ1n) is 5.26. The Bertz CT molecular complexity index is 266. The third-order valence-corrected chi connectivity index (χ3v) is 1.97. The van der Waals surface area contributed by atoms with Crippen molar-refractivity contribution in [2.24, 2.45) is 0 Å². The number of rotatable bonds is 6. The first-order chi connectivity index (χ1) is 7.51. The van der Waals surface area contributed by atoms with Crippen molar-refractivity contribution < 1.29 is 14.4 Å². The Morgan fingerprint density at radius 3 is 2.31 bits per heavy atom. The van der Waals surface area contributed by atoms with Gasteiger partial charge in [-0.15, -0.1) is 0 Å². The highest BCUT2D eigenvalue weighted by Gasteiger charge is 2.18. The van der Waals surface area contributed by atoms with E-state index in [1.165, 1.54) is 14.0 Å². The fourth-order valence-corrected chi connectivity index (χ4v) is 1.18. The molecule has 3 amide bonds. The van der Waals surface area contributed by atoms with Crippen molar-refractivity contribution in [1.29, 1.82) is 0 Å². The van der Waals surface area contributed by atoms with Crippen LogP contribution in [0.4, 0.5) is 0 Å². The predicted molar refractivity (Wildman–Crippen MR) is 59.6 cm³/mol. The number of carbonyl (C=O) groups excluding carboxylic acids is 3. The maximum Gasteiger partial charge on any atom is 0.243 e. The van der Waals surface area contributed by atoms with Gasteiger partial charge in [0, 0.05) is 14.0 Å². The molecular formula is C10H19N3O3. The van der Waals surface area contributed by atoms with Crippen molar-refractivity contribution in [3.63, 3.8) is 0 Å². The van der Waals surface area contributed by atoms with Gasteiger partial charge in [0.2, 0.25) is 17.7 Å². The van der Waals surface area contributed by atoms with Crippen LogP contribution in [-0.2, 0) is 14.4 Å². The molecule has 1 atom stereocenters. The molecule has 0 aliphatic rings. The molecule has 6 nitrogen and oxygen atoms in total. The van der Waals surface area contributed by atoms with E-state index >= 15 is 0 Å². The molecule has 6 heteroatoms. The zero-order valence-electron chi connectivity index (χ0n) is 9.92. The van der Waals surface area contributed by atoms with Crippen LogP contribution in [0.2, 0.25) is 0 Å². The number of nitrogens with one attached hydrogen (secondary N) is 3. The Kier molecular flexibility index (Phi) is 6.91. The topological polar surface area (TPSA) is 87.3 Å². The third kappa shape index (κ3) is 6.00. The lowest BCUT2D eigenvalue weighted by molar-refractivity contribution is -0.129. The largest absolute Gasteiger partial charge is 0.358 e. The SMILES string of the molecule is CCCC(NC(C)=O)C(=O)NCC(=O)NC. The Labute approximate surface area is 95.2 Å². The van der Waals surface area contributed by atoms with Crippen LogP contribution in [0.5, 0.6) is 0 Å². The molecule has 0 saturated heterocycles. The molecule has 0 fully saturated rings. The number of likely N-dealkylation sites (N-methyl/N-ethyl adjacent to an activating group) is 1. The van der Waals surface area contributed by atoms with Gasteiger partial charge in [0.25, 0.3) is 0 Å². The van der Waals surface area contributed by atoms with Gasteiger partial charge in [0.1, 0.15) is 6.04 Å². The van der Waals surface area contributed by atoms with Crippen molar-refractivity contribution in [2.75, 3.05) is 13.6 Å². The van der Waals surface area contributed by atoms with E-state index in [4.69, 9.17) is 0 Å². The molecule has 0 aliphatic heterocycles. The summed E-state index contributed by atoms with van der Waals surface area (Å²) in [6.45, 7) is 3.20. The second kappa shape index (κ2) is 7.67. The van der Waals surface area contributed by atoms with Crippen LogP contribution in [0, 0.1) is 0 Å². The molecule has 3 N–H and O–H groups in total. The van der Waals surface area contributed by atoms with E-state index < -0.39 is 6.04 Å². The minimum Gasteiger partial charge on any atom is -0.358 e. The van der Waals surface area contributed by atoms with Crippen LogP contribution in [0.25, 0.3) is 0 Å². The highest BCUT2D eigenvalue weighted by molar-refractivity contribution is 5.89. The standard InChI is InChI=1S/C10H19N3O3/c1-4-5-8(13-7(2)14)10(16)12-6-9(15)11-3/h8H,4-6H2,1-3H3,(H,11,15)(H,12,16)(H,13,14). The molecule has 0 aliphatic carbocycles. The fourth-order valence-electron chi connectivity index (χ4n) is 1.18. The van der Waals surface area contributed by atoms with E-state index in [1.807, 2.05) is 6.92 Å². The van der Waals surface area contributed by atoms with Gasteiger partial charge in [-0.1, -0.05) is 13.3 Å². The van der Waals surface area contributed by atoms with E-state index in [-0.39, 0.29) is 24.3 Å². The van der Waals surface area contributed by atoms with Crippen molar-refractivity contribution in [1.82, 2.24) is 16.0 Å². The summed E-state index contributed by atoms with van der Waals surface area (Å²) < 4.78 is 0. The molecule has 0 saturated carbocycles. The van der Waals surface area contributed by atoms with Gasteiger partial charge in [0.15, 0.2) is 0 Å². The lowest BCUT2D eigenvalue weighted by Crippen LogP contribution is -2.48. The van der Waals surface area contributed by atoms with Crippen LogP contribution in [0.15, 0.2) is 0 Å². The van der Waals surface area contributed by atoms with Crippen molar-refractivity contribution in [3.05, 3.63) is 0 Å². The maximum atomic E-state index is 11.6. The summed E-state index contributed by atoms with van der Waals surface area (Å²) in [5.74, 6) is -0.861. The Hall–Kier alpha value is -1.59. The van der Waals surface area contributed by atoms with Crippen LogP contribution < -0.4 is 16.0 Å². The average Bonchev–Trinajstić information content (AvgIpc) is 2.24. The average molecular weight is 229 g/mol. The number of hydrogen-bond donors (Lipinski definition) is 3. The second-order valence-corrected chi connectivity index (χ2v) is 3.43. The lowest BCUT2D eigenvalue weighted by Gasteiger charge is -2.16. The minimum absolute atomic E-state index is 0.0743. The van der Waals surface area contributed by atoms with Crippen LogP contribution >= 0.6 is 0 Å². The summed E-state index contributed by atoms with van der Waals surface area (Å²) in [6.07, 6.45) is 1.33. The molecule has 1 unspecified atom stereocenters. The smallest absolute Gasteiger partial charge is 0.243 e. The summed E-state index contributed by atoms with van der Waals surface area (Å²) in [6, 6.07) is -0.563. The van der Waals surface area contributed by atoms with Gasteiger partial charge in [0.05, 0.1) is 6.54 Å². The minimum atomic E-state index is -0.563. The molecule has 0 heterocycles. The highest BCUT2D eigenvalue weighted by atomic mass is 16.2. The second-order valence-electron chi connectivity index (χ2n) is 3.43. The van der Waals surface area contributed by atoms with Crippen molar-refractivity contribution in [2.45, 2.75) is 32.7 Å². The van der Waals surface area contributed by atoms with Crippen LogP contribution in [0.3, 0.4) is 0 Å². The van der Waals surface area contributed by atoms with Crippen molar-refractivity contribution in [3.8, 4) is 0 Å². The predicted octanol–water partition coefficient (Wildman–Crippen LogP) is -0.847. The summed E-state index contributed by atoms with van der Waals surface area (Å²) in [4.78, 5) is 33.3. The van der Waals surface area contributed by atoms with Crippen LogP contribution in [0.1, 0.15) is 26.7 Å². The van der Waals surface area contributed by atoms with Crippen molar-refractivity contribution >= 4 is 17.7 Å². The molecule has 16 heavy (non-hydrogen) atoms. The zero-order valence-corrected chi connectivity index (χ0v) is 9.92. The number of hydrogen-bond acceptors (Lipinski definition) is 3. The van der Waals surface area contributed by atoms with E-state index in [0.717, 1.165) is 6.42 Å². The van der Waals surface area contributed by atoms with Gasteiger partial charge in [-0.25, -0.2) is 0 Å². The molecule has 0 bridgehead atoms. The number of amides is 3. The molecule has 0 spiro atoms. The first-order valence-corrected chi connectivity index (χ1v) is 5.26. The summed E-state index contributed by atoms with van der Waals surface area (Å²) in [5.41, 5.74) is 0. The van der Waals surface area contributed by atoms with E-state index in [0.29, 0.717) is 6.42 Å². The number of carbonyl (C=O) groups is 3. The monoisotopic (exact) mass is 229 g/mol. The summed E-state index contributed by atoms with van der Waals surface area (Å²) >= 11 is 0. The summed E-state index contributed by atoms with van der Waals surface area (Å²) in [5, 5.41) is 7.39. The van der Waals surface area contributed by atoms with E-state index in [2.05, 4.69) is 16.0 Å². The van der Waals surface area contributed by atoms with Gasteiger partial charge in [-0.2, -0.15) is 0 Å². The lowest BCUT2D eigenvalue weighted by atomic mass is 10.1. The fraction of sp³-hybridized carbons (Fsp3) is 0.700. The molecular weight excluding hydrogens is 210 g/mol. The molecule has 0 aromatic carbocycles. The van der Waals surface area contributed by atoms with Gasteiger partial charge in [-0.05, 0) is 6.42 Å². The molecule has 92 valence electrons. The Morgan fingerprint density at radius 1 is 1.25 bits per heavy atom. The molecule has 0 aromatic rings. The third-order valence-electron chi connectivity index (χ3n) is 1.97. The first kappa shape index (κ1) is 14.4.